The molecule has 0 aliphatic heterocycles. The predicted molar refractivity (Wildman–Crippen MR) is 221 cm³/mol. The van der Waals surface area contributed by atoms with E-state index in [0.29, 0.717) is 17.6 Å². The highest BCUT2D eigenvalue weighted by Crippen LogP contribution is 2.45. The summed E-state index contributed by atoms with van der Waals surface area (Å²) in [6.45, 7) is 0. The van der Waals surface area contributed by atoms with Gasteiger partial charge in [0.2, 0.25) is 5.95 Å². The molecule has 0 unspecified atom stereocenters. The van der Waals surface area contributed by atoms with E-state index in [1.54, 1.807) is 0 Å². The Kier molecular flexibility index (Phi) is 5.96. The lowest BCUT2D eigenvalue weighted by Crippen LogP contribution is -2.06. The topological polar surface area (TPSA) is 61.4 Å². The van der Waals surface area contributed by atoms with E-state index < -0.39 is 0 Å². The van der Waals surface area contributed by atoms with E-state index in [9.17, 15) is 0 Å². The second kappa shape index (κ2) is 11.0. The molecular weight excluding hydrogens is 661 g/mol. The van der Waals surface area contributed by atoms with Crippen molar-refractivity contribution >= 4 is 75.9 Å². The first kappa shape index (κ1) is 29.2. The number of pyridine rings is 1. The third kappa shape index (κ3) is 4.16. The van der Waals surface area contributed by atoms with E-state index in [1.165, 1.54) is 43.1 Å². The van der Waals surface area contributed by atoms with Gasteiger partial charge in [-0.1, -0.05) is 121 Å². The third-order valence-corrected chi connectivity index (χ3v) is 10.9. The van der Waals surface area contributed by atoms with Gasteiger partial charge in [0.1, 0.15) is 5.82 Å². The molecule has 4 heterocycles. The predicted octanol–water partition coefficient (Wildman–Crippen LogP) is 11.7. The highest BCUT2D eigenvalue weighted by atomic mass is 15.2. The molecule has 0 radical (unpaired) electrons. The summed E-state index contributed by atoms with van der Waals surface area (Å²) in [5, 5.41) is 11.8. The van der Waals surface area contributed by atoms with Gasteiger partial charge in [-0.2, -0.15) is 9.97 Å². The van der Waals surface area contributed by atoms with E-state index in [2.05, 4.69) is 161 Å². The zero-order chi connectivity index (χ0) is 35.3. The zero-order valence-electron chi connectivity index (χ0n) is 28.8. The van der Waals surface area contributed by atoms with Gasteiger partial charge in [-0.25, -0.2) is 9.97 Å². The fourth-order valence-corrected chi connectivity index (χ4v) is 8.54. The molecule has 250 valence electrons. The number of aromatic nitrogens is 6. The highest BCUT2D eigenvalue weighted by Gasteiger charge is 2.24. The van der Waals surface area contributed by atoms with Crippen molar-refractivity contribution in [2.45, 2.75) is 0 Å². The smallest absolute Gasteiger partial charge is 0.238 e. The molecule has 6 nitrogen and oxygen atoms in total. The van der Waals surface area contributed by atoms with Gasteiger partial charge in [0.15, 0.2) is 11.6 Å². The summed E-state index contributed by atoms with van der Waals surface area (Å²) in [4.78, 5) is 20.7. The van der Waals surface area contributed by atoms with Crippen LogP contribution in [0.5, 0.6) is 0 Å². The van der Waals surface area contributed by atoms with Crippen LogP contribution in [0, 0.1) is 0 Å². The molecule has 8 aromatic carbocycles. The second-order valence-corrected chi connectivity index (χ2v) is 13.9. The Labute approximate surface area is 308 Å². The Bertz CT molecular complexity index is 3350. The van der Waals surface area contributed by atoms with Crippen LogP contribution in [0.4, 0.5) is 0 Å². The summed E-state index contributed by atoms with van der Waals surface area (Å²) in [6, 6.07) is 57.7. The number of benzene rings is 8. The van der Waals surface area contributed by atoms with Crippen molar-refractivity contribution in [1.29, 1.82) is 0 Å². The first-order valence-electron chi connectivity index (χ1n) is 18.1. The standard InChI is InChI=1S/C48H28N6/c1-3-12-32-26-34(21-19-29(32)10-1)46-50-47(35-22-20-30-11-2-4-13-33(30)27-35)52-48(51-46)54-39-17-9-14-31-23-24-37-44-36-15-5-6-16-38(36)53(42-18-7-8-25-49-42)40(44)28-41(54)45(37)43(31)39/h1-28H. The van der Waals surface area contributed by atoms with Crippen LogP contribution in [0.25, 0.3) is 110 Å². The lowest BCUT2D eigenvalue weighted by Gasteiger charge is -2.12. The molecule has 6 heteroatoms. The first-order chi connectivity index (χ1) is 26.8. The Morgan fingerprint density at radius 2 is 0.963 bits per heavy atom. The Hall–Kier alpha value is -7.44. The van der Waals surface area contributed by atoms with Gasteiger partial charge in [0.25, 0.3) is 0 Å². The van der Waals surface area contributed by atoms with Crippen molar-refractivity contribution in [2.24, 2.45) is 0 Å². The van der Waals surface area contributed by atoms with Crippen LogP contribution >= 0.6 is 0 Å². The first-order valence-corrected chi connectivity index (χ1v) is 18.1. The molecule has 0 fully saturated rings. The van der Waals surface area contributed by atoms with Crippen LogP contribution in [0.15, 0.2) is 170 Å². The van der Waals surface area contributed by atoms with Gasteiger partial charge in [0, 0.05) is 38.9 Å². The molecule has 54 heavy (non-hydrogen) atoms. The monoisotopic (exact) mass is 688 g/mol. The van der Waals surface area contributed by atoms with Gasteiger partial charge < -0.3 is 0 Å². The summed E-state index contributed by atoms with van der Waals surface area (Å²) < 4.78 is 4.52. The van der Waals surface area contributed by atoms with Gasteiger partial charge in [-0.15, -0.1) is 0 Å². The van der Waals surface area contributed by atoms with Gasteiger partial charge >= 0.3 is 0 Å². The number of hydrogen-bond donors (Lipinski definition) is 0. The van der Waals surface area contributed by atoms with E-state index in [-0.39, 0.29) is 0 Å². The fourth-order valence-electron chi connectivity index (χ4n) is 8.54. The molecule has 0 aliphatic carbocycles. The normalized spacial score (nSPS) is 12.1. The molecule has 0 amide bonds. The molecule has 12 aromatic rings. The Morgan fingerprint density at radius 3 is 1.69 bits per heavy atom. The highest BCUT2D eigenvalue weighted by molar-refractivity contribution is 6.33. The van der Waals surface area contributed by atoms with Gasteiger partial charge in [-0.05, 0) is 74.8 Å². The summed E-state index contributed by atoms with van der Waals surface area (Å²) in [5.41, 5.74) is 6.14. The van der Waals surface area contributed by atoms with Crippen LogP contribution in [0.2, 0.25) is 0 Å². The van der Waals surface area contributed by atoms with Crippen LogP contribution in [0.1, 0.15) is 0 Å². The SMILES string of the molecule is c1ccc(-n2c3ccccc3c3c4ccc5cccc6c5c4c(cc32)n6-c2nc(-c3ccc4ccccc4c3)nc(-c3ccc4ccccc4c3)n2)nc1. The lowest BCUT2D eigenvalue weighted by molar-refractivity contribution is 0.954. The van der Waals surface area contributed by atoms with E-state index >= 15 is 0 Å². The summed E-state index contributed by atoms with van der Waals surface area (Å²) in [6.07, 6.45) is 1.86. The van der Waals surface area contributed by atoms with E-state index in [1.807, 2.05) is 18.3 Å². The maximum Gasteiger partial charge on any atom is 0.238 e. The third-order valence-electron chi connectivity index (χ3n) is 10.9. The molecule has 0 saturated carbocycles. The molecule has 0 atom stereocenters. The number of rotatable bonds is 4. The van der Waals surface area contributed by atoms with Crippen molar-refractivity contribution in [3.8, 4) is 34.5 Å². The van der Waals surface area contributed by atoms with Gasteiger partial charge in [-0.3, -0.25) is 9.13 Å². The number of hydrogen-bond acceptors (Lipinski definition) is 4. The van der Waals surface area contributed by atoms with Crippen LogP contribution in [-0.2, 0) is 0 Å². The number of fused-ring (bicyclic) bond motifs is 6. The van der Waals surface area contributed by atoms with E-state index in [0.717, 1.165) is 49.8 Å². The molecule has 0 bridgehead atoms. The van der Waals surface area contributed by atoms with Crippen molar-refractivity contribution in [3.05, 3.63) is 170 Å². The fraction of sp³-hybridized carbons (Fsp3) is 0. The molecule has 0 aliphatic rings. The minimum Gasteiger partial charge on any atom is -0.294 e. The van der Waals surface area contributed by atoms with Crippen molar-refractivity contribution in [3.63, 3.8) is 0 Å². The summed E-state index contributed by atoms with van der Waals surface area (Å²) in [7, 11) is 0. The van der Waals surface area contributed by atoms with Crippen LogP contribution in [0.3, 0.4) is 0 Å². The summed E-state index contributed by atoms with van der Waals surface area (Å²) in [5.74, 6) is 2.69. The minimum atomic E-state index is 0.571. The van der Waals surface area contributed by atoms with E-state index in [4.69, 9.17) is 19.9 Å². The lowest BCUT2D eigenvalue weighted by atomic mass is 9.98. The molecule has 0 spiro atoms. The average molecular weight is 689 g/mol. The minimum absolute atomic E-state index is 0.571. The summed E-state index contributed by atoms with van der Waals surface area (Å²) >= 11 is 0. The maximum absolute atomic E-state index is 5.33. The molecule has 0 N–H and O–H groups in total. The van der Waals surface area contributed by atoms with Crippen molar-refractivity contribution in [2.75, 3.05) is 0 Å². The van der Waals surface area contributed by atoms with Crippen molar-refractivity contribution in [1.82, 2.24) is 29.1 Å². The quantitative estimate of drug-likeness (QED) is 0.173. The Balaban J connectivity index is 1.21. The average Bonchev–Trinajstić information content (AvgIpc) is 3.76. The largest absolute Gasteiger partial charge is 0.294 e. The molecular formula is C48H28N6. The maximum atomic E-state index is 5.33. The second-order valence-electron chi connectivity index (χ2n) is 13.9. The number of para-hydroxylation sites is 1. The molecule has 4 aromatic heterocycles. The molecule has 0 saturated heterocycles. The zero-order valence-corrected chi connectivity index (χ0v) is 28.8. The number of nitrogens with zero attached hydrogens (tertiary/aromatic N) is 6. The van der Waals surface area contributed by atoms with Crippen molar-refractivity contribution < 1.29 is 0 Å². The molecule has 12 rings (SSSR count). The van der Waals surface area contributed by atoms with Crippen LogP contribution in [-0.4, -0.2) is 29.1 Å². The van der Waals surface area contributed by atoms with Gasteiger partial charge in [0.05, 0.1) is 22.1 Å². The van der Waals surface area contributed by atoms with Crippen LogP contribution < -0.4 is 0 Å². The Morgan fingerprint density at radius 1 is 0.352 bits per heavy atom.